The summed E-state index contributed by atoms with van der Waals surface area (Å²) in [5.41, 5.74) is 1.92. The van der Waals surface area contributed by atoms with Gasteiger partial charge in [-0.2, -0.15) is 5.26 Å². The highest BCUT2D eigenvalue weighted by Gasteiger charge is 2.12. The molecular weight excluding hydrogens is 240 g/mol. The van der Waals surface area contributed by atoms with Crippen molar-refractivity contribution in [2.45, 2.75) is 13.0 Å². The number of nitriles is 1. The van der Waals surface area contributed by atoms with Gasteiger partial charge in [-0.1, -0.05) is 12.1 Å². The van der Waals surface area contributed by atoms with E-state index in [2.05, 4.69) is 11.4 Å². The van der Waals surface area contributed by atoms with E-state index in [0.29, 0.717) is 16.8 Å². The number of benzene rings is 2. The van der Waals surface area contributed by atoms with Crippen molar-refractivity contribution in [3.8, 4) is 17.6 Å². The number of phenols is 2. The maximum Gasteiger partial charge on any atom is 0.124 e. The van der Waals surface area contributed by atoms with E-state index >= 15 is 0 Å². The second-order valence-corrected chi connectivity index (χ2v) is 4.27. The standard InChI is InChI=1S/C15H14N2O2/c1-10(13-7-6-12(18)8-15(13)19)17-14-5-3-2-4-11(14)9-16/h2-8,10,17-19H,1H3. The number of aromatic hydroxyl groups is 2. The molecule has 0 aliphatic rings. The van der Waals surface area contributed by atoms with Gasteiger partial charge in [-0.15, -0.1) is 0 Å². The summed E-state index contributed by atoms with van der Waals surface area (Å²) in [6.07, 6.45) is 0. The van der Waals surface area contributed by atoms with Crippen LogP contribution in [0.2, 0.25) is 0 Å². The van der Waals surface area contributed by atoms with Crippen LogP contribution in [-0.4, -0.2) is 10.2 Å². The highest BCUT2D eigenvalue weighted by atomic mass is 16.3. The molecule has 0 aliphatic heterocycles. The van der Waals surface area contributed by atoms with E-state index in [-0.39, 0.29) is 17.5 Å². The molecule has 0 aliphatic carbocycles. The van der Waals surface area contributed by atoms with Gasteiger partial charge in [0.1, 0.15) is 17.6 Å². The lowest BCUT2D eigenvalue weighted by Gasteiger charge is -2.17. The quantitative estimate of drug-likeness (QED) is 0.786. The third kappa shape index (κ3) is 2.78. The molecule has 4 nitrogen and oxygen atoms in total. The van der Waals surface area contributed by atoms with Crippen molar-refractivity contribution in [1.82, 2.24) is 0 Å². The molecule has 2 rings (SSSR count). The van der Waals surface area contributed by atoms with Crippen molar-refractivity contribution in [2.75, 3.05) is 5.32 Å². The smallest absolute Gasteiger partial charge is 0.124 e. The van der Waals surface area contributed by atoms with Crippen LogP contribution in [0, 0.1) is 11.3 Å². The third-order valence-electron chi connectivity index (χ3n) is 2.90. The van der Waals surface area contributed by atoms with Crippen LogP contribution >= 0.6 is 0 Å². The van der Waals surface area contributed by atoms with Crippen molar-refractivity contribution in [3.05, 3.63) is 53.6 Å². The van der Waals surface area contributed by atoms with Gasteiger partial charge in [0.2, 0.25) is 0 Å². The van der Waals surface area contributed by atoms with Gasteiger partial charge in [-0.05, 0) is 31.2 Å². The van der Waals surface area contributed by atoms with Crippen molar-refractivity contribution >= 4 is 5.69 Å². The van der Waals surface area contributed by atoms with Gasteiger partial charge >= 0.3 is 0 Å². The number of para-hydroxylation sites is 1. The number of phenolic OH excluding ortho intramolecular Hbond substituents is 2. The molecule has 1 unspecified atom stereocenters. The van der Waals surface area contributed by atoms with E-state index < -0.39 is 0 Å². The minimum absolute atomic E-state index is 0.0193. The minimum Gasteiger partial charge on any atom is -0.508 e. The molecule has 0 amide bonds. The predicted molar refractivity (Wildman–Crippen MR) is 73.0 cm³/mol. The Labute approximate surface area is 111 Å². The van der Waals surface area contributed by atoms with Gasteiger partial charge in [-0.25, -0.2) is 0 Å². The summed E-state index contributed by atoms with van der Waals surface area (Å²) in [7, 11) is 0. The zero-order valence-corrected chi connectivity index (χ0v) is 10.5. The van der Waals surface area contributed by atoms with Crippen molar-refractivity contribution in [2.24, 2.45) is 0 Å². The Bertz CT molecular complexity index is 632. The first-order chi connectivity index (χ1) is 9.11. The molecule has 3 N–H and O–H groups in total. The summed E-state index contributed by atoms with van der Waals surface area (Å²) < 4.78 is 0. The van der Waals surface area contributed by atoms with Gasteiger partial charge in [0.05, 0.1) is 17.3 Å². The molecule has 0 radical (unpaired) electrons. The van der Waals surface area contributed by atoms with Gasteiger partial charge in [0, 0.05) is 11.6 Å². The molecule has 2 aromatic rings. The van der Waals surface area contributed by atoms with Crippen molar-refractivity contribution in [3.63, 3.8) is 0 Å². The average molecular weight is 254 g/mol. The Balaban J connectivity index is 2.26. The third-order valence-corrected chi connectivity index (χ3v) is 2.90. The Hall–Kier alpha value is -2.67. The van der Waals surface area contributed by atoms with Gasteiger partial charge in [0.15, 0.2) is 0 Å². The first-order valence-corrected chi connectivity index (χ1v) is 5.89. The average Bonchev–Trinajstić information content (AvgIpc) is 2.39. The predicted octanol–water partition coefficient (Wildman–Crippen LogP) is 3.14. The Morgan fingerprint density at radius 1 is 1.16 bits per heavy atom. The molecule has 0 heterocycles. The highest BCUT2D eigenvalue weighted by molar-refractivity contribution is 5.58. The van der Waals surface area contributed by atoms with Gasteiger partial charge < -0.3 is 15.5 Å². The molecular formula is C15H14N2O2. The molecule has 19 heavy (non-hydrogen) atoms. The van der Waals surface area contributed by atoms with E-state index in [1.807, 2.05) is 19.1 Å². The second-order valence-electron chi connectivity index (χ2n) is 4.27. The summed E-state index contributed by atoms with van der Waals surface area (Å²) in [5.74, 6) is 0.0420. The summed E-state index contributed by atoms with van der Waals surface area (Å²) in [5, 5.41) is 31.3. The van der Waals surface area contributed by atoms with Crippen LogP contribution in [-0.2, 0) is 0 Å². The molecule has 0 aromatic heterocycles. The summed E-state index contributed by atoms with van der Waals surface area (Å²) in [4.78, 5) is 0. The maximum atomic E-state index is 9.80. The molecule has 0 bridgehead atoms. The van der Waals surface area contributed by atoms with Crippen LogP contribution < -0.4 is 5.32 Å². The Morgan fingerprint density at radius 2 is 1.89 bits per heavy atom. The van der Waals surface area contributed by atoms with E-state index in [1.54, 1.807) is 18.2 Å². The zero-order valence-electron chi connectivity index (χ0n) is 10.5. The number of anilines is 1. The molecule has 0 saturated carbocycles. The monoisotopic (exact) mass is 254 g/mol. The van der Waals surface area contributed by atoms with E-state index in [0.717, 1.165) is 0 Å². The summed E-state index contributed by atoms with van der Waals surface area (Å²) >= 11 is 0. The SMILES string of the molecule is CC(Nc1ccccc1C#N)c1ccc(O)cc1O. The topological polar surface area (TPSA) is 76.3 Å². The molecule has 2 aromatic carbocycles. The van der Waals surface area contributed by atoms with Gasteiger partial charge in [0.25, 0.3) is 0 Å². The van der Waals surface area contributed by atoms with Crippen LogP contribution in [0.5, 0.6) is 11.5 Å². The molecule has 0 spiro atoms. The van der Waals surface area contributed by atoms with E-state index in [9.17, 15) is 10.2 Å². The molecule has 96 valence electrons. The Morgan fingerprint density at radius 3 is 2.58 bits per heavy atom. The Kier molecular flexibility index (Phi) is 3.58. The van der Waals surface area contributed by atoms with Crippen LogP contribution in [0.15, 0.2) is 42.5 Å². The lowest BCUT2D eigenvalue weighted by Crippen LogP contribution is -2.07. The van der Waals surface area contributed by atoms with Crippen LogP contribution in [0.25, 0.3) is 0 Å². The molecule has 4 heteroatoms. The lowest BCUT2D eigenvalue weighted by atomic mass is 10.1. The zero-order chi connectivity index (χ0) is 13.8. The number of hydrogen-bond donors (Lipinski definition) is 3. The maximum absolute atomic E-state index is 9.80. The molecule has 0 saturated heterocycles. The number of nitrogens with zero attached hydrogens (tertiary/aromatic N) is 1. The largest absolute Gasteiger partial charge is 0.508 e. The minimum atomic E-state index is -0.185. The lowest BCUT2D eigenvalue weighted by molar-refractivity contribution is 0.444. The number of rotatable bonds is 3. The summed E-state index contributed by atoms with van der Waals surface area (Å²) in [6, 6.07) is 13.6. The van der Waals surface area contributed by atoms with E-state index in [4.69, 9.17) is 5.26 Å². The summed E-state index contributed by atoms with van der Waals surface area (Å²) in [6.45, 7) is 1.88. The second kappa shape index (κ2) is 5.32. The molecule has 1 atom stereocenters. The van der Waals surface area contributed by atoms with Crippen molar-refractivity contribution in [1.29, 1.82) is 5.26 Å². The van der Waals surface area contributed by atoms with E-state index in [1.165, 1.54) is 12.1 Å². The van der Waals surface area contributed by atoms with Crippen molar-refractivity contribution < 1.29 is 10.2 Å². The number of nitrogens with one attached hydrogen (secondary N) is 1. The van der Waals surface area contributed by atoms with Crippen LogP contribution in [0.3, 0.4) is 0 Å². The first kappa shape index (κ1) is 12.8. The number of hydrogen-bond acceptors (Lipinski definition) is 4. The fourth-order valence-corrected chi connectivity index (χ4v) is 1.92. The highest BCUT2D eigenvalue weighted by Crippen LogP contribution is 2.30. The van der Waals surface area contributed by atoms with Gasteiger partial charge in [-0.3, -0.25) is 0 Å². The first-order valence-electron chi connectivity index (χ1n) is 5.89. The fourth-order valence-electron chi connectivity index (χ4n) is 1.92. The fraction of sp³-hybridized carbons (Fsp3) is 0.133. The van der Waals surface area contributed by atoms with Crippen LogP contribution in [0.1, 0.15) is 24.1 Å². The normalized spacial score (nSPS) is 11.6. The molecule has 0 fully saturated rings. The van der Waals surface area contributed by atoms with Crippen LogP contribution in [0.4, 0.5) is 5.69 Å².